The van der Waals surface area contributed by atoms with E-state index in [4.69, 9.17) is 16.1 Å². The van der Waals surface area contributed by atoms with E-state index in [1.807, 2.05) is 0 Å². The minimum absolute atomic E-state index is 0.0792. The van der Waals surface area contributed by atoms with E-state index < -0.39 is 0 Å². The first kappa shape index (κ1) is 11.4. The van der Waals surface area contributed by atoms with Crippen molar-refractivity contribution >= 4 is 23.4 Å². The zero-order valence-corrected chi connectivity index (χ0v) is 9.74. The number of nitrogens with zero attached hydrogens (tertiary/aromatic N) is 2. The fourth-order valence-electron chi connectivity index (χ4n) is 2.00. The molecule has 5 nitrogen and oxygen atoms in total. The summed E-state index contributed by atoms with van der Waals surface area (Å²) in [5, 5.41) is 6.44. The minimum Gasteiger partial charge on any atom is -0.288 e. The second-order valence-corrected chi connectivity index (χ2v) is 4.29. The Morgan fingerprint density at radius 1 is 1.56 bits per heavy atom. The molecule has 88 valence electrons. The maximum Gasteiger partial charge on any atom is 0.302 e. The Labute approximate surface area is 98.7 Å². The average molecular weight is 245 g/mol. The Kier molecular flexibility index (Phi) is 3.77. The van der Waals surface area contributed by atoms with Gasteiger partial charge in [-0.15, -0.1) is 11.6 Å². The Balaban J connectivity index is 1.98. The number of aromatic nitrogens is 2. The molecule has 1 saturated carbocycles. The quantitative estimate of drug-likeness (QED) is 0.650. The summed E-state index contributed by atoms with van der Waals surface area (Å²) < 4.78 is 6.81. The first-order valence-corrected chi connectivity index (χ1v) is 6.07. The molecule has 1 aliphatic rings. The maximum absolute atomic E-state index is 11.0. The van der Waals surface area contributed by atoms with Crippen molar-refractivity contribution in [2.24, 2.45) is 0 Å². The smallest absolute Gasteiger partial charge is 0.288 e. The van der Waals surface area contributed by atoms with Crippen LogP contribution in [0.25, 0.3) is 0 Å². The molecule has 16 heavy (non-hydrogen) atoms. The van der Waals surface area contributed by atoms with Crippen molar-refractivity contribution in [3.05, 3.63) is 6.20 Å². The third kappa shape index (κ3) is 2.72. The van der Waals surface area contributed by atoms with E-state index in [-0.39, 0.29) is 11.8 Å². The van der Waals surface area contributed by atoms with Crippen molar-refractivity contribution < 1.29 is 14.0 Å². The number of rotatable bonds is 3. The topological polar surface area (TPSA) is 59.0 Å². The molecule has 2 rings (SSSR count). The summed E-state index contributed by atoms with van der Waals surface area (Å²) in [4.78, 5) is 11.0. The first-order chi connectivity index (χ1) is 7.79. The fourth-order valence-corrected chi connectivity index (χ4v) is 2.07. The van der Waals surface area contributed by atoms with E-state index in [1.165, 1.54) is 19.3 Å². The van der Waals surface area contributed by atoms with Gasteiger partial charge in [0.2, 0.25) is 11.2 Å². The molecule has 0 unspecified atom stereocenters. The van der Waals surface area contributed by atoms with E-state index in [0.717, 1.165) is 12.8 Å². The van der Waals surface area contributed by atoms with Crippen LogP contribution in [0.5, 0.6) is 0 Å². The Hall–Kier alpha value is -1.10. The van der Waals surface area contributed by atoms with Crippen molar-refractivity contribution in [1.82, 2.24) is 5.27 Å². The number of alkyl halides is 1. The lowest BCUT2D eigenvalue weighted by atomic mass is 9.96. The third-order valence-corrected chi connectivity index (χ3v) is 3.06. The van der Waals surface area contributed by atoms with E-state index in [0.29, 0.717) is 11.9 Å². The SMILES string of the molecule is O=C(CCl)Nc1c[n+](C2CCCCC2)no1. The predicted octanol–water partition coefficient (Wildman–Crippen LogP) is 1.64. The summed E-state index contributed by atoms with van der Waals surface area (Å²) in [6.07, 6.45) is 7.73. The number of nitrogens with one attached hydrogen (secondary N) is 1. The molecule has 1 N–H and O–H groups in total. The highest BCUT2D eigenvalue weighted by atomic mass is 35.5. The summed E-state index contributed by atoms with van der Waals surface area (Å²) in [5.41, 5.74) is 0. The number of halogens is 1. The van der Waals surface area contributed by atoms with Gasteiger partial charge in [-0.2, -0.15) is 0 Å². The minimum atomic E-state index is -0.284. The van der Waals surface area contributed by atoms with Gasteiger partial charge in [0.1, 0.15) is 5.88 Å². The zero-order chi connectivity index (χ0) is 11.4. The van der Waals surface area contributed by atoms with Gasteiger partial charge < -0.3 is 0 Å². The molecular formula is C10H15ClN3O2+. The molecule has 6 heteroatoms. The van der Waals surface area contributed by atoms with E-state index in [2.05, 4.69) is 10.6 Å². The van der Waals surface area contributed by atoms with Crippen LogP contribution in [-0.4, -0.2) is 17.1 Å². The van der Waals surface area contributed by atoms with Crippen LogP contribution < -0.4 is 10.00 Å². The number of carbonyl (C=O) groups is 1. The normalized spacial score (nSPS) is 17.3. The van der Waals surface area contributed by atoms with Gasteiger partial charge in [-0.05, 0) is 17.5 Å². The van der Waals surface area contributed by atoms with Crippen LogP contribution in [0.1, 0.15) is 38.1 Å². The van der Waals surface area contributed by atoms with Gasteiger partial charge in [0.15, 0.2) is 6.04 Å². The van der Waals surface area contributed by atoms with Gasteiger partial charge in [0.05, 0.1) is 0 Å². The van der Waals surface area contributed by atoms with Gasteiger partial charge in [-0.25, -0.2) is 0 Å². The van der Waals surface area contributed by atoms with Crippen LogP contribution >= 0.6 is 11.6 Å². The molecule has 1 aromatic heterocycles. The molecule has 0 radical (unpaired) electrons. The zero-order valence-electron chi connectivity index (χ0n) is 8.99. The van der Waals surface area contributed by atoms with Gasteiger partial charge in [-0.1, -0.05) is 6.42 Å². The average Bonchev–Trinajstić information content (AvgIpc) is 2.78. The molecule has 1 amide bonds. The molecule has 0 aromatic carbocycles. The van der Waals surface area contributed by atoms with Crippen LogP contribution in [-0.2, 0) is 4.79 Å². The lowest BCUT2D eigenvalue weighted by Gasteiger charge is -2.12. The van der Waals surface area contributed by atoms with Crippen LogP contribution in [0.4, 0.5) is 5.88 Å². The van der Waals surface area contributed by atoms with Crippen LogP contribution in [0.2, 0.25) is 0 Å². The summed E-state index contributed by atoms with van der Waals surface area (Å²) in [7, 11) is 0. The molecule has 1 fully saturated rings. The van der Waals surface area contributed by atoms with Crippen LogP contribution in [0, 0.1) is 0 Å². The van der Waals surface area contributed by atoms with Crippen molar-refractivity contribution in [1.29, 1.82) is 0 Å². The van der Waals surface area contributed by atoms with Crippen LogP contribution in [0.15, 0.2) is 10.7 Å². The van der Waals surface area contributed by atoms with Crippen molar-refractivity contribution in [3.8, 4) is 0 Å². The molecule has 0 bridgehead atoms. The molecule has 0 saturated heterocycles. The van der Waals surface area contributed by atoms with Crippen LogP contribution in [0.3, 0.4) is 0 Å². The molecule has 1 aliphatic carbocycles. The van der Waals surface area contributed by atoms with Gasteiger partial charge in [0.25, 0.3) is 6.20 Å². The maximum atomic E-state index is 11.0. The highest BCUT2D eigenvalue weighted by Crippen LogP contribution is 2.23. The lowest BCUT2D eigenvalue weighted by Crippen LogP contribution is -2.41. The van der Waals surface area contributed by atoms with Crippen molar-refractivity contribution in [2.45, 2.75) is 38.1 Å². The Morgan fingerprint density at radius 3 is 3.00 bits per heavy atom. The highest BCUT2D eigenvalue weighted by molar-refractivity contribution is 6.28. The second-order valence-electron chi connectivity index (χ2n) is 4.02. The second kappa shape index (κ2) is 5.30. The molecule has 0 atom stereocenters. The summed E-state index contributed by atoms with van der Waals surface area (Å²) >= 11 is 5.38. The fraction of sp³-hybridized carbons (Fsp3) is 0.700. The first-order valence-electron chi connectivity index (χ1n) is 5.53. The number of hydrogen-bond acceptors (Lipinski definition) is 3. The van der Waals surface area contributed by atoms with Gasteiger partial charge in [-0.3, -0.25) is 14.6 Å². The van der Waals surface area contributed by atoms with E-state index in [1.54, 1.807) is 10.9 Å². The number of amides is 1. The monoisotopic (exact) mass is 244 g/mol. The summed E-state index contributed by atoms with van der Waals surface area (Å²) in [6.45, 7) is 0. The van der Waals surface area contributed by atoms with Crippen molar-refractivity contribution in [2.75, 3.05) is 11.2 Å². The number of anilines is 1. The molecule has 0 spiro atoms. The molecule has 1 aromatic rings. The Morgan fingerprint density at radius 2 is 2.31 bits per heavy atom. The van der Waals surface area contributed by atoms with E-state index >= 15 is 0 Å². The predicted molar refractivity (Wildman–Crippen MR) is 58.2 cm³/mol. The van der Waals surface area contributed by atoms with Gasteiger partial charge >= 0.3 is 5.88 Å². The molecular weight excluding hydrogens is 230 g/mol. The third-order valence-electron chi connectivity index (χ3n) is 2.82. The standard InChI is InChI=1S/C10H14ClN3O2/c11-6-9(15)12-10-7-14(13-16-10)8-4-2-1-3-5-8/h7-8H,1-6H2/p+1. The largest absolute Gasteiger partial charge is 0.302 e. The molecule has 0 aliphatic heterocycles. The van der Waals surface area contributed by atoms with E-state index in [9.17, 15) is 4.79 Å². The highest BCUT2D eigenvalue weighted by Gasteiger charge is 2.26. The Bertz CT molecular complexity index is 361. The number of carbonyl (C=O) groups excluding carboxylic acids is 1. The summed E-state index contributed by atoms with van der Waals surface area (Å²) in [6, 6.07) is 0.402. The number of hydrogen-bond donors (Lipinski definition) is 1. The summed E-state index contributed by atoms with van der Waals surface area (Å²) in [5.74, 6) is -0.00532. The van der Waals surface area contributed by atoms with Gasteiger partial charge in [0, 0.05) is 12.8 Å². The molecule has 1 heterocycles. The van der Waals surface area contributed by atoms with Crippen molar-refractivity contribution in [3.63, 3.8) is 0 Å². The lowest BCUT2D eigenvalue weighted by molar-refractivity contribution is -0.787.